The summed E-state index contributed by atoms with van der Waals surface area (Å²) in [6, 6.07) is 6.39. The quantitative estimate of drug-likeness (QED) is 0.909. The lowest BCUT2D eigenvalue weighted by atomic mass is 10.0. The van der Waals surface area contributed by atoms with Gasteiger partial charge < -0.3 is 9.67 Å². The third kappa shape index (κ3) is 2.55. The molecule has 92 valence electrons. The molecule has 0 aliphatic heterocycles. The van der Waals surface area contributed by atoms with Crippen molar-refractivity contribution in [2.45, 2.75) is 32.7 Å². The second kappa shape index (κ2) is 5.23. The van der Waals surface area contributed by atoms with Gasteiger partial charge in [-0.25, -0.2) is 0 Å². The van der Waals surface area contributed by atoms with Crippen LogP contribution >= 0.6 is 15.9 Å². The first-order chi connectivity index (χ1) is 8.13. The molecule has 0 atom stereocenters. The molecule has 1 aromatic carbocycles. The van der Waals surface area contributed by atoms with Gasteiger partial charge in [0.2, 0.25) is 0 Å². The molecule has 0 unspecified atom stereocenters. The van der Waals surface area contributed by atoms with Gasteiger partial charge in [0.25, 0.3) is 0 Å². The van der Waals surface area contributed by atoms with Crippen LogP contribution in [0.4, 0.5) is 0 Å². The first kappa shape index (κ1) is 12.7. The second-order valence-corrected chi connectivity index (χ2v) is 5.59. The summed E-state index contributed by atoms with van der Waals surface area (Å²) in [6.07, 6.45) is 3.02. The smallest absolute Gasteiger partial charge is 0.0484 e. The normalized spacial score (nSPS) is 11.6. The molecule has 0 bridgehead atoms. The van der Waals surface area contributed by atoms with Gasteiger partial charge in [0, 0.05) is 34.7 Å². The summed E-state index contributed by atoms with van der Waals surface area (Å²) in [7, 11) is 0. The minimum Gasteiger partial charge on any atom is -0.396 e. The molecule has 0 saturated carbocycles. The summed E-state index contributed by atoms with van der Waals surface area (Å²) < 4.78 is 3.36. The Bertz CT molecular complexity index is 516. The van der Waals surface area contributed by atoms with Crippen molar-refractivity contribution in [2.75, 3.05) is 6.61 Å². The monoisotopic (exact) mass is 295 g/mol. The fourth-order valence-electron chi connectivity index (χ4n) is 2.18. The van der Waals surface area contributed by atoms with Gasteiger partial charge in [0.15, 0.2) is 0 Å². The largest absolute Gasteiger partial charge is 0.396 e. The van der Waals surface area contributed by atoms with Gasteiger partial charge in [0.05, 0.1) is 0 Å². The maximum absolute atomic E-state index is 8.94. The Kier molecular flexibility index (Phi) is 3.89. The molecule has 0 aliphatic rings. The van der Waals surface area contributed by atoms with E-state index in [0.29, 0.717) is 5.92 Å². The number of aliphatic hydroxyl groups is 1. The highest BCUT2D eigenvalue weighted by atomic mass is 79.9. The van der Waals surface area contributed by atoms with Crippen LogP contribution in [-0.2, 0) is 6.54 Å². The van der Waals surface area contributed by atoms with Crippen molar-refractivity contribution in [3.8, 4) is 0 Å². The zero-order chi connectivity index (χ0) is 12.4. The van der Waals surface area contributed by atoms with Gasteiger partial charge in [0.1, 0.15) is 0 Å². The Balaban J connectivity index is 2.54. The molecule has 2 rings (SSSR count). The lowest BCUT2D eigenvalue weighted by molar-refractivity contribution is 0.280. The third-order valence-corrected chi connectivity index (χ3v) is 3.55. The first-order valence-electron chi connectivity index (χ1n) is 6.02. The summed E-state index contributed by atoms with van der Waals surface area (Å²) in [6.45, 7) is 5.55. The number of hydrogen-bond acceptors (Lipinski definition) is 1. The van der Waals surface area contributed by atoms with Gasteiger partial charge in [-0.1, -0.05) is 29.8 Å². The molecular formula is C14H18BrNO. The van der Waals surface area contributed by atoms with Crippen molar-refractivity contribution < 1.29 is 5.11 Å². The van der Waals surface area contributed by atoms with Crippen LogP contribution in [0.2, 0.25) is 0 Å². The lowest BCUT2D eigenvalue weighted by Crippen LogP contribution is -1.98. The topological polar surface area (TPSA) is 25.2 Å². The van der Waals surface area contributed by atoms with Crippen LogP contribution in [0.3, 0.4) is 0 Å². The predicted octanol–water partition coefficient (Wildman–Crippen LogP) is 3.91. The second-order valence-electron chi connectivity index (χ2n) is 4.67. The van der Waals surface area contributed by atoms with Crippen LogP contribution < -0.4 is 0 Å². The maximum atomic E-state index is 8.94. The summed E-state index contributed by atoms with van der Waals surface area (Å²) in [5.41, 5.74) is 2.63. The van der Waals surface area contributed by atoms with Gasteiger partial charge in [-0.3, -0.25) is 0 Å². The Morgan fingerprint density at radius 3 is 2.76 bits per heavy atom. The molecule has 1 N–H and O–H groups in total. The molecule has 3 heteroatoms. The molecule has 0 saturated heterocycles. The van der Waals surface area contributed by atoms with Gasteiger partial charge in [-0.05, 0) is 36.1 Å². The fourth-order valence-corrected chi connectivity index (χ4v) is 2.54. The zero-order valence-electron chi connectivity index (χ0n) is 10.3. The SMILES string of the molecule is CC(C)c1cn(CCCO)c2ccc(Br)cc12. The van der Waals surface area contributed by atoms with Crippen molar-refractivity contribution in [3.05, 3.63) is 34.4 Å². The van der Waals surface area contributed by atoms with Gasteiger partial charge in [-0.15, -0.1) is 0 Å². The van der Waals surface area contributed by atoms with Crippen LogP contribution in [0, 0.1) is 0 Å². The summed E-state index contributed by atoms with van der Waals surface area (Å²) >= 11 is 3.53. The minimum atomic E-state index is 0.243. The molecule has 1 aromatic heterocycles. The van der Waals surface area contributed by atoms with Crippen molar-refractivity contribution >= 4 is 26.8 Å². The van der Waals surface area contributed by atoms with E-state index in [1.165, 1.54) is 16.5 Å². The lowest BCUT2D eigenvalue weighted by Gasteiger charge is -2.03. The van der Waals surface area contributed by atoms with Crippen molar-refractivity contribution in [1.29, 1.82) is 0 Å². The Hall–Kier alpha value is -0.800. The van der Waals surface area contributed by atoms with Crippen LogP contribution in [0.1, 0.15) is 31.7 Å². The van der Waals surface area contributed by atoms with Crippen molar-refractivity contribution in [2.24, 2.45) is 0 Å². The molecule has 1 heterocycles. The van der Waals surface area contributed by atoms with Gasteiger partial charge in [-0.2, -0.15) is 0 Å². The maximum Gasteiger partial charge on any atom is 0.0484 e. The van der Waals surface area contributed by atoms with Crippen LogP contribution in [0.25, 0.3) is 10.9 Å². The number of hydrogen-bond donors (Lipinski definition) is 1. The number of halogens is 1. The highest BCUT2D eigenvalue weighted by molar-refractivity contribution is 9.10. The van der Waals surface area contributed by atoms with Crippen molar-refractivity contribution in [3.63, 3.8) is 0 Å². The van der Waals surface area contributed by atoms with E-state index in [1.54, 1.807) is 0 Å². The minimum absolute atomic E-state index is 0.243. The van der Waals surface area contributed by atoms with Crippen LogP contribution in [0.15, 0.2) is 28.9 Å². The van der Waals surface area contributed by atoms with Gasteiger partial charge >= 0.3 is 0 Å². The van der Waals surface area contributed by atoms with Crippen LogP contribution in [-0.4, -0.2) is 16.3 Å². The number of nitrogens with zero attached hydrogens (tertiary/aromatic N) is 1. The average Bonchev–Trinajstić information content (AvgIpc) is 2.64. The van der Waals surface area contributed by atoms with E-state index in [1.807, 2.05) is 0 Å². The number of aryl methyl sites for hydroxylation is 1. The van der Waals surface area contributed by atoms with Crippen LogP contribution in [0.5, 0.6) is 0 Å². The Morgan fingerprint density at radius 2 is 2.12 bits per heavy atom. The molecule has 17 heavy (non-hydrogen) atoms. The number of aromatic nitrogens is 1. The predicted molar refractivity (Wildman–Crippen MR) is 75.4 cm³/mol. The summed E-state index contributed by atoms with van der Waals surface area (Å²) in [5, 5.41) is 10.3. The molecule has 2 nitrogen and oxygen atoms in total. The highest BCUT2D eigenvalue weighted by Gasteiger charge is 2.11. The molecular weight excluding hydrogens is 278 g/mol. The van der Waals surface area contributed by atoms with E-state index in [4.69, 9.17) is 5.11 Å². The zero-order valence-corrected chi connectivity index (χ0v) is 11.9. The van der Waals surface area contributed by atoms with E-state index in [2.05, 4.69) is 58.7 Å². The summed E-state index contributed by atoms with van der Waals surface area (Å²) in [5.74, 6) is 0.516. The van der Waals surface area contributed by atoms with E-state index < -0.39 is 0 Å². The Labute approximate surface area is 110 Å². The van der Waals surface area contributed by atoms with E-state index in [0.717, 1.165) is 17.4 Å². The fraction of sp³-hybridized carbons (Fsp3) is 0.429. The van der Waals surface area contributed by atoms with Crippen molar-refractivity contribution in [1.82, 2.24) is 4.57 Å². The highest BCUT2D eigenvalue weighted by Crippen LogP contribution is 2.30. The molecule has 0 aliphatic carbocycles. The third-order valence-electron chi connectivity index (χ3n) is 3.05. The Morgan fingerprint density at radius 1 is 1.35 bits per heavy atom. The van der Waals surface area contributed by atoms with E-state index in [-0.39, 0.29) is 6.61 Å². The number of rotatable bonds is 4. The molecule has 2 aromatic rings. The van der Waals surface area contributed by atoms with E-state index in [9.17, 15) is 0 Å². The molecule has 0 radical (unpaired) electrons. The average molecular weight is 296 g/mol. The first-order valence-corrected chi connectivity index (χ1v) is 6.82. The van der Waals surface area contributed by atoms with E-state index >= 15 is 0 Å². The number of fused-ring (bicyclic) bond motifs is 1. The summed E-state index contributed by atoms with van der Waals surface area (Å²) in [4.78, 5) is 0. The standard InChI is InChI=1S/C14H18BrNO/c1-10(2)13-9-16(6-3-7-17)14-5-4-11(15)8-12(13)14/h4-5,8-10,17H,3,6-7H2,1-2H3. The number of benzene rings is 1. The molecule has 0 spiro atoms. The molecule has 0 amide bonds. The molecule has 0 fully saturated rings. The number of aliphatic hydroxyl groups excluding tert-OH is 1.